The number of fused-ring (bicyclic) bond motifs is 1. The average molecular weight is 386 g/mol. The van der Waals surface area contributed by atoms with Crippen LogP contribution in [0.5, 0.6) is 5.75 Å². The van der Waals surface area contributed by atoms with Crippen LogP contribution in [0.3, 0.4) is 0 Å². The summed E-state index contributed by atoms with van der Waals surface area (Å²) in [5, 5.41) is 0.822. The number of furan rings is 1. The van der Waals surface area contributed by atoms with Gasteiger partial charge in [0.1, 0.15) is 11.3 Å². The van der Waals surface area contributed by atoms with Crippen LogP contribution >= 0.6 is 0 Å². The molecule has 5 nitrogen and oxygen atoms in total. The lowest BCUT2D eigenvalue weighted by atomic mass is 10.1. The van der Waals surface area contributed by atoms with Gasteiger partial charge in [0, 0.05) is 10.9 Å². The van der Waals surface area contributed by atoms with Gasteiger partial charge in [0.15, 0.2) is 19.0 Å². The molecule has 29 heavy (non-hydrogen) atoms. The highest BCUT2D eigenvalue weighted by molar-refractivity contribution is 5.99. The largest absolute Gasteiger partial charge is 0.481 e. The van der Waals surface area contributed by atoms with Crippen molar-refractivity contribution in [3.63, 3.8) is 0 Å². The molecule has 3 aromatic carbocycles. The van der Waals surface area contributed by atoms with E-state index in [9.17, 15) is 9.59 Å². The smallest absolute Gasteiger partial charge is 0.344 e. The third-order valence-electron chi connectivity index (χ3n) is 4.38. The number of rotatable bonds is 7. The van der Waals surface area contributed by atoms with Gasteiger partial charge in [0.05, 0.1) is 0 Å². The first-order chi connectivity index (χ1) is 14.2. The SMILES string of the molecule is O=C(COc1ccccc1-c1ccccc1)OCC(=O)c1cc2ccccc2o1. The fraction of sp³-hybridized carbons (Fsp3) is 0.0833. The summed E-state index contributed by atoms with van der Waals surface area (Å²) in [5.41, 5.74) is 2.47. The minimum absolute atomic E-state index is 0.161. The van der Waals surface area contributed by atoms with Crippen molar-refractivity contribution in [1.29, 1.82) is 0 Å². The van der Waals surface area contributed by atoms with E-state index in [1.54, 1.807) is 18.2 Å². The molecule has 0 N–H and O–H groups in total. The molecule has 0 aliphatic carbocycles. The lowest BCUT2D eigenvalue weighted by molar-refractivity contribution is -0.144. The molecule has 0 unspecified atom stereocenters. The molecule has 0 amide bonds. The van der Waals surface area contributed by atoms with Crippen molar-refractivity contribution >= 4 is 22.7 Å². The number of ketones is 1. The molecule has 0 atom stereocenters. The summed E-state index contributed by atoms with van der Waals surface area (Å²) in [6, 6.07) is 26.1. The van der Waals surface area contributed by atoms with Crippen LogP contribution in [0, 0.1) is 0 Å². The van der Waals surface area contributed by atoms with Gasteiger partial charge >= 0.3 is 5.97 Å². The first-order valence-corrected chi connectivity index (χ1v) is 9.15. The molecule has 0 spiro atoms. The second-order valence-corrected chi connectivity index (χ2v) is 6.38. The highest BCUT2D eigenvalue weighted by atomic mass is 16.6. The monoisotopic (exact) mass is 386 g/mol. The molecule has 1 aromatic heterocycles. The van der Waals surface area contributed by atoms with Gasteiger partial charge in [0.25, 0.3) is 0 Å². The first-order valence-electron chi connectivity index (χ1n) is 9.15. The minimum atomic E-state index is -0.627. The van der Waals surface area contributed by atoms with Crippen LogP contribution in [0.15, 0.2) is 89.3 Å². The molecule has 0 aliphatic heterocycles. The molecule has 0 bridgehead atoms. The number of benzene rings is 3. The predicted octanol–water partition coefficient (Wildman–Crippen LogP) is 4.90. The van der Waals surface area contributed by atoms with Gasteiger partial charge in [-0.05, 0) is 23.8 Å². The van der Waals surface area contributed by atoms with E-state index in [-0.39, 0.29) is 12.4 Å². The summed E-state index contributed by atoms with van der Waals surface area (Å²) in [4.78, 5) is 24.3. The standard InChI is InChI=1S/C24H18O5/c25-20(23-14-18-10-4-6-12-21(18)29-23)15-28-24(26)16-27-22-13-7-5-11-19(22)17-8-2-1-3-9-17/h1-14H,15-16H2. The van der Waals surface area contributed by atoms with E-state index in [2.05, 4.69) is 0 Å². The lowest BCUT2D eigenvalue weighted by Gasteiger charge is -2.11. The number of para-hydroxylation sites is 2. The number of esters is 1. The zero-order chi connectivity index (χ0) is 20.1. The molecule has 0 saturated carbocycles. The summed E-state index contributed by atoms with van der Waals surface area (Å²) < 4.78 is 16.2. The third-order valence-corrected chi connectivity index (χ3v) is 4.38. The predicted molar refractivity (Wildman–Crippen MR) is 109 cm³/mol. The van der Waals surface area contributed by atoms with E-state index in [0.29, 0.717) is 11.3 Å². The van der Waals surface area contributed by atoms with E-state index in [1.807, 2.05) is 66.7 Å². The van der Waals surface area contributed by atoms with Crippen molar-refractivity contribution in [2.75, 3.05) is 13.2 Å². The Kier molecular flexibility index (Phi) is 5.38. The lowest BCUT2D eigenvalue weighted by Crippen LogP contribution is -2.19. The van der Waals surface area contributed by atoms with Gasteiger partial charge in [-0.25, -0.2) is 4.79 Å². The molecule has 4 rings (SSSR count). The van der Waals surface area contributed by atoms with Gasteiger partial charge in [-0.2, -0.15) is 0 Å². The zero-order valence-electron chi connectivity index (χ0n) is 15.5. The number of carbonyl (C=O) groups excluding carboxylic acids is 2. The Morgan fingerprint density at radius 1 is 0.793 bits per heavy atom. The minimum Gasteiger partial charge on any atom is -0.481 e. The van der Waals surface area contributed by atoms with Crippen LogP contribution in [-0.4, -0.2) is 25.0 Å². The molecular weight excluding hydrogens is 368 g/mol. The topological polar surface area (TPSA) is 65.7 Å². The van der Waals surface area contributed by atoms with Crippen molar-refractivity contribution in [3.05, 3.63) is 90.7 Å². The second kappa shape index (κ2) is 8.44. The van der Waals surface area contributed by atoms with Crippen molar-refractivity contribution in [1.82, 2.24) is 0 Å². The van der Waals surface area contributed by atoms with E-state index in [0.717, 1.165) is 16.5 Å². The Balaban J connectivity index is 1.34. The maximum absolute atomic E-state index is 12.2. The molecule has 0 radical (unpaired) electrons. The van der Waals surface area contributed by atoms with Gasteiger partial charge in [-0.15, -0.1) is 0 Å². The molecule has 5 heteroatoms. The summed E-state index contributed by atoms with van der Waals surface area (Å²) in [6.07, 6.45) is 0. The van der Waals surface area contributed by atoms with E-state index < -0.39 is 18.4 Å². The Morgan fingerprint density at radius 3 is 2.34 bits per heavy atom. The molecular formula is C24H18O5. The summed E-state index contributed by atoms with van der Waals surface area (Å²) in [7, 11) is 0. The number of ether oxygens (including phenoxy) is 2. The van der Waals surface area contributed by atoms with Gasteiger partial charge in [-0.1, -0.05) is 66.7 Å². The summed E-state index contributed by atoms with van der Waals surface area (Å²) in [5.74, 6) is -0.301. The zero-order valence-corrected chi connectivity index (χ0v) is 15.5. The van der Waals surface area contributed by atoms with E-state index in [4.69, 9.17) is 13.9 Å². The van der Waals surface area contributed by atoms with Gasteiger partial charge in [-0.3, -0.25) is 4.79 Å². The number of Topliss-reactive ketones (excluding diaryl/α,β-unsaturated/α-hetero) is 1. The Bertz CT molecular complexity index is 1110. The molecule has 144 valence electrons. The summed E-state index contributed by atoms with van der Waals surface area (Å²) in [6.45, 7) is -0.695. The Labute approximate surface area is 167 Å². The second-order valence-electron chi connectivity index (χ2n) is 6.38. The van der Waals surface area contributed by atoms with Crippen molar-refractivity contribution < 1.29 is 23.5 Å². The number of hydrogen-bond acceptors (Lipinski definition) is 5. The quantitative estimate of drug-likeness (QED) is 0.334. The van der Waals surface area contributed by atoms with E-state index in [1.165, 1.54) is 0 Å². The van der Waals surface area contributed by atoms with Crippen LogP contribution < -0.4 is 4.74 Å². The van der Waals surface area contributed by atoms with Crippen LogP contribution in [0.2, 0.25) is 0 Å². The number of carbonyl (C=O) groups is 2. The highest BCUT2D eigenvalue weighted by Gasteiger charge is 2.15. The number of hydrogen-bond donors (Lipinski definition) is 0. The normalized spacial score (nSPS) is 10.6. The van der Waals surface area contributed by atoms with Gasteiger partial charge in [0.2, 0.25) is 5.78 Å². The van der Waals surface area contributed by atoms with Crippen LogP contribution in [0.4, 0.5) is 0 Å². The first kappa shape index (κ1) is 18.5. The molecule has 1 heterocycles. The van der Waals surface area contributed by atoms with E-state index >= 15 is 0 Å². The van der Waals surface area contributed by atoms with Crippen molar-refractivity contribution in [3.8, 4) is 16.9 Å². The van der Waals surface area contributed by atoms with Crippen LogP contribution in [-0.2, 0) is 9.53 Å². The van der Waals surface area contributed by atoms with Crippen LogP contribution in [0.25, 0.3) is 22.1 Å². The molecule has 4 aromatic rings. The van der Waals surface area contributed by atoms with Crippen molar-refractivity contribution in [2.24, 2.45) is 0 Å². The Morgan fingerprint density at radius 2 is 1.52 bits per heavy atom. The summed E-state index contributed by atoms with van der Waals surface area (Å²) >= 11 is 0. The molecule has 0 saturated heterocycles. The maximum atomic E-state index is 12.2. The maximum Gasteiger partial charge on any atom is 0.344 e. The van der Waals surface area contributed by atoms with Crippen LogP contribution in [0.1, 0.15) is 10.6 Å². The Hall–Kier alpha value is -3.86. The highest BCUT2D eigenvalue weighted by Crippen LogP contribution is 2.29. The van der Waals surface area contributed by atoms with Gasteiger partial charge < -0.3 is 13.9 Å². The molecule has 0 fully saturated rings. The fourth-order valence-corrected chi connectivity index (χ4v) is 2.96. The van der Waals surface area contributed by atoms with Crippen molar-refractivity contribution in [2.45, 2.75) is 0 Å². The average Bonchev–Trinajstić information content (AvgIpc) is 3.21. The third kappa shape index (κ3) is 4.35. The fourth-order valence-electron chi connectivity index (χ4n) is 2.96. The molecule has 0 aliphatic rings.